The minimum Gasteiger partial charge on any atom is -0.382 e. The van der Waals surface area contributed by atoms with Crippen LogP contribution in [-0.4, -0.2) is 15.2 Å². The number of aryl methyl sites for hydroxylation is 1. The third-order valence-corrected chi connectivity index (χ3v) is 3.05. The van der Waals surface area contributed by atoms with Crippen molar-refractivity contribution >= 4 is 5.82 Å². The van der Waals surface area contributed by atoms with Crippen LogP contribution in [0.3, 0.4) is 0 Å². The summed E-state index contributed by atoms with van der Waals surface area (Å²) in [5, 5.41) is 7.12. The van der Waals surface area contributed by atoms with E-state index >= 15 is 0 Å². The third kappa shape index (κ3) is 2.08. The number of rotatable bonds is 2. The van der Waals surface area contributed by atoms with E-state index in [1.165, 1.54) is 5.56 Å². The maximum Gasteiger partial charge on any atom is 0.153 e. The number of pyridine rings is 1. The van der Waals surface area contributed by atoms with Gasteiger partial charge in [0.1, 0.15) is 0 Å². The van der Waals surface area contributed by atoms with Crippen molar-refractivity contribution in [2.45, 2.75) is 6.92 Å². The van der Waals surface area contributed by atoms with Gasteiger partial charge in [-0.1, -0.05) is 29.8 Å². The minimum absolute atomic E-state index is 0.504. The van der Waals surface area contributed by atoms with Gasteiger partial charge in [0.25, 0.3) is 0 Å². The average molecular weight is 250 g/mol. The Morgan fingerprint density at radius 3 is 2.68 bits per heavy atom. The summed E-state index contributed by atoms with van der Waals surface area (Å²) in [5.41, 5.74) is 11.1. The molecule has 2 heterocycles. The SMILES string of the molecule is Cc1cccc(-c2c(N)n[nH]c2-c2cccnc2)c1. The average Bonchev–Trinajstić information content (AvgIpc) is 2.82. The van der Waals surface area contributed by atoms with Gasteiger partial charge in [-0.15, -0.1) is 0 Å². The molecule has 94 valence electrons. The summed E-state index contributed by atoms with van der Waals surface area (Å²) in [6, 6.07) is 12.1. The minimum atomic E-state index is 0.504. The Bertz CT molecular complexity index is 701. The molecule has 0 radical (unpaired) electrons. The second-order valence-electron chi connectivity index (χ2n) is 4.47. The van der Waals surface area contributed by atoms with E-state index in [0.29, 0.717) is 5.82 Å². The van der Waals surface area contributed by atoms with E-state index in [4.69, 9.17) is 5.73 Å². The van der Waals surface area contributed by atoms with E-state index in [0.717, 1.165) is 22.4 Å². The van der Waals surface area contributed by atoms with Crippen LogP contribution >= 0.6 is 0 Å². The molecule has 0 atom stereocenters. The molecule has 0 saturated carbocycles. The van der Waals surface area contributed by atoms with E-state index in [1.807, 2.05) is 24.3 Å². The topological polar surface area (TPSA) is 67.6 Å². The van der Waals surface area contributed by atoms with Gasteiger partial charge in [0.05, 0.1) is 11.3 Å². The fourth-order valence-electron chi connectivity index (χ4n) is 2.17. The molecular formula is C15H14N4. The maximum atomic E-state index is 6.00. The lowest BCUT2D eigenvalue weighted by molar-refractivity contribution is 1.10. The Labute approximate surface area is 111 Å². The second kappa shape index (κ2) is 4.57. The summed E-state index contributed by atoms with van der Waals surface area (Å²) >= 11 is 0. The number of hydrogen-bond acceptors (Lipinski definition) is 3. The van der Waals surface area contributed by atoms with Gasteiger partial charge in [-0.3, -0.25) is 10.1 Å². The van der Waals surface area contributed by atoms with Crippen LogP contribution in [0, 0.1) is 6.92 Å². The molecule has 0 fully saturated rings. The van der Waals surface area contributed by atoms with Crippen LogP contribution in [0.2, 0.25) is 0 Å². The van der Waals surface area contributed by atoms with E-state index in [9.17, 15) is 0 Å². The summed E-state index contributed by atoms with van der Waals surface area (Å²) in [5.74, 6) is 0.504. The fraction of sp³-hybridized carbons (Fsp3) is 0.0667. The first-order valence-electron chi connectivity index (χ1n) is 6.07. The van der Waals surface area contributed by atoms with Crippen LogP contribution in [0.5, 0.6) is 0 Å². The van der Waals surface area contributed by atoms with Crippen molar-refractivity contribution < 1.29 is 0 Å². The Kier molecular flexibility index (Phi) is 2.76. The van der Waals surface area contributed by atoms with Crippen molar-refractivity contribution in [3.8, 4) is 22.4 Å². The number of nitrogens with one attached hydrogen (secondary N) is 1. The lowest BCUT2D eigenvalue weighted by Crippen LogP contribution is -1.89. The standard InChI is InChI=1S/C15H14N4/c1-10-4-2-5-11(8-10)13-14(18-19-15(13)16)12-6-3-7-17-9-12/h2-9H,1H3,(H3,16,18,19). The van der Waals surface area contributed by atoms with Crippen LogP contribution < -0.4 is 5.73 Å². The van der Waals surface area contributed by atoms with Crippen LogP contribution in [0.25, 0.3) is 22.4 Å². The first-order chi connectivity index (χ1) is 9.25. The highest BCUT2D eigenvalue weighted by atomic mass is 15.2. The molecule has 0 aliphatic rings. The number of H-pyrrole nitrogens is 1. The molecule has 0 unspecified atom stereocenters. The van der Waals surface area contributed by atoms with Gasteiger partial charge in [-0.2, -0.15) is 5.10 Å². The number of aromatic amines is 1. The summed E-state index contributed by atoms with van der Waals surface area (Å²) in [6.45, 7) is 2.06. The third-order valence-electron chi connectivity index (χ3n) is 3.05. The smallest absolute Gasteiger partial charge is 0.153 e. The Balaban J connectivity index is 2.20. The fourth-order valence-corrected chi connectivity index (χ4v) is 2.17. The predicted molar refractivity (Wildman–Crippen MR) is 76.4 cm³/mol. The summed E-state index contributed by atoms with van der Waals surface area (Å²) in [6.07, 6.45) is 3.54. The number of nitrogen functional groups attached to an aromatic ring is 1. The highest BCUT2D eigenvalue weighted by Gasteiger charge is 2.14. The molecular weight excluding hydrogens is 236 g/mol. The molecule has 4 heteroatoms. The summed E-state index contributed by atoms with van der Waals surface area (Å²) in [7, 11) is 0. The first kappa shape index (κ1) is 11.5. The quantitative estimate of drug-likeness (QED) is 0.734. The first-order valence-corrected chi connectivity index (χ1v) is 6.07. The number of hydrogen-bond donors (Lipinski definition) is 2. The van der Waals surface area contributed by atoms with Crippen LogP contribution in [0.15, 0.2) is 48.8 Å². The van der Waals surface area contributed by atoms with Crippen LogP contribution in [-0.2, 0) is 0 Å². The highest BCUT2D eigenvalue weighted by Crippen LogP contribution is 2.34. The molecule has 0 amide bonds. The number of anilines is 1. The number of nitrogens with zero attached hydrogens (tertiary/aromatic N) is 2. The van der Waals surface area contributed by atoms with Gasteiger partial charge in [-0.05, 0) is 24.6 Å². The zero-order chi connectivity index (χ0) is 13.2. The van der Waals surface area contributed by atoms with Gasteiger partial charge < -0.3 is 5.73 Å². The number of benzene rings is 1. The molecule has 0 aliphatic carbocycles. The van der Waals surface area contributed by atoms with E-state index in [2.05, 4.69) is 34.2 Å². The molecule has 19 heavy (non-hydrogen) atoms. The molecule has 0 saturated heterocycles. The number of nitrogens with two attached hydrogens (primary N) is 1. The van der Waals surface area contributed by atoms with Gasteiger partial charge >= 0.3 is 0 Å². The Morgan fingerprint density at radius 2 is 1.95 bits per heavy atom. The van der Waals surface area contributed by atoms with E-state index in [1.54, 1.807) is 12.4 Å². The van der Waals surface area contributed by atoms with Crippen molar-refractivity contribution in [2.24, 2.45) is 0 Å². The van der Waals surface area contributed by atoms with Gasteiger partial charge in [0, 0.05) is 18.0 Å². The lowest BCUT2D eigenvalue weighted by atomic mass is 10.0. The molecule has 0 bridgehead atoms. The molecule has 0 spiro atoms. The largest absolute Gasteiger partial charge is 0.382 e. The number of aromatic nitrogens is 3. The zero-order valence-corrected chi connectivity index (χ0v) is 10.6. The molecule has 0 aliphatic heterocycles. The Morgan fingerprint density at radius 1 is 1.11 bits per heavy atom. The second-order valence-corrected chi connectivity index (χ2v) is 4.47. The molecule has 1 aromatic carbocycles. The molecule has 4 nitrogen and oxygen atoms in total. The van der Waals surface area contributed by atoms with E-state index < -0.39 is 0 Å². The molecule has 3 aromatic rings. The monoisotopic (exact) mass is 250 g/mol. The summed E-state index contributed by atoms with van der Waals surface area (Å²) < 4.78 is 0. The van der Waals surface area contributed by atoms with Crippen LogP contribution in [0.1, 0.15) is 5.56 Å². The Hall–Kier alpha value is -2.62. The zero-order valence-electron chi connectivity index (χ0n) is 10.6. The molecule has 3 N–H and O–H groups in total. The van der Waals surface area contributed by atoms with Crippen molar-refractivity contribution in [1.29, 1.82) is 0 Å². The van der Waals surface area contributed by atoms with Crippen molar-refractivity contribution in [1.82, 2.24) is 15.2 Å². The van der Waals surface area contributed by atoms with Crippen molar-refractivity contribution in [3.63, 3.8) is 0 Å². The van der Waals surface area contributed by atoms with Gasteiger partial charge in [0.15, 0.2) is 5.82 Å². The van der Waals surface area contributed by atoms with E-state index in [-0.39, 0.29) is 0 Å². The van der Waals surface area contributed by atoms with Crippen LogP contribution in [0.4, 0.5) is 5.82 Å². The van der Waals surface area contributed by atoms with Gasteiger partial charge in [0.2, 0.25) is 0 Å². The van der Waals surface area contributed by atoms with Crippen molar-refractivity contribution in [2.75, 3.05) is 5.73 Å². The predicted octanol–water partition coefficient (Wildman–Crippen LogP) is 3.03. The summed E-state index contributed by atoms with van der Waals surface area (Å²) in [4.78, 5) is 4.13. The molecule has 3 rings (SSSR count). The highest BCUT2D eigenvalue weighted by molar-refractivity contribution is 5.87. The normalized spacial score (nSPS) is 10.6. The molecule has 2 aromatic heterocycles. The van der Waals surface area contributed by atoms with Crippen molar-refractivity contribution in [3.05, 3.63) is 54.4 Å². The maximum absolute atomic E-state index is 6.00. The van der Waals surface area contributed by atoms with Gasteiger partial charge in [-0.25, -0.2) is 0 Å². The lowest BCUT2D eigenvalue weighted by Gasteiger charge is -2.05.